The summed E-state index contributed by atoms with van der Waals surface area (Å²) in [5.41, 5.74) is 4.41. The quantitative estimate of drug-likeness (QED) is 0.560. The average molecular weight is 369 g/mol. The summed E-state index contributed by atoms with van der Waals surface area (Å²) in [4.78, 5) is 0. The summed E-state index contributed by atoms with van der Waals surface area (Å²) in [6.07, 6.45) is 1.64. The summed E-state index contributed by atoms with van der Waals surface area (Å²) in [6.45, 7) is 2.41. The zero-order valence-corrected chi connectivity index (χ0v) is 15.1. The molecule has 0 heterocycles. The van der Waals surface area contributed by atoms with Crippen molar-refractivity contribution in [2.75, 3.05) is 26.3 Å². The molecule has 7 heteroatoms. The summed E-state index contributed by atoms with van der Waals surface area (Å²) in [5.74, 6) is 1.72. The van der Waals surface area contributed by atoms with E-state index in [0.29, 0.717) is 33.9 Å². The zero-order chi connectivity index (χ0) is 17.5. The molecule has 2 aromatic carbocycles. The van der Waals surface area contributed by atoms with E-state index in [1.807, 2.05) is 19.1 Å². The maximum atomic E-state index is 5.97. The Morgan fingerprint density at radius 3 is 2.25 bits per heavy atom. The van der Waals surface area contributed by atoms with E-state index in [1.165, 1.54) is 0 Å². The van der Waals surface area contributed by atoms with Crippen molar-refractivity contribution in [2.45, 2.75) is 6.92 Å². The van der Waals surface area contributed by atoms with Crippen molar-refractivity contribution in [3.05, 3.63) is 45.9 Å². The SMILES string of the molecule is CCOc1c(OC)cc(C=NNc2ccc(Cl)c(Cl)c2)cc1OC. The lowest BCUT2D eigenvalue weighted by Crippen LogP contribution is -2.00. The average Bonchev–Trinajstić information content (AvgIpc) is 2.59. The number of halogens is 2. The molecule has 0 unspecified atom stereocenters. The van der Waals surface area contributed by atoms with Crippen molar-refractivity contribution in [1.29, 1.82) is 0 Å². The number of hydrazone groups is 1. The number of anilines is 1. The molecule has 0 aromatic heterocycles. The number of nitrogens with zero attached hydrogens (tertiary/aromatic N) is 1. The van der Waals surface area contributed by atoms with Crippen LogP contribution in [0.25, 0.3) is 0 Å². The molecule has 1 N–H and O–H groups in total. The molecule has 0 atom stereocenters. The van der Waals surface area contributed by atoms with E-state index < -0.39 is 0 Å². The van der Waals surface area contributed by atoms with Gasteiger partial charge in [0.15, 0.2) is 11.5 Å². The van der Waals surface area contributed by atoms with Gasteiger partial charge < -0.3 is 14.2 Å². The van der Waals surface area contributed by atoms with Crippen LogP contribution in [0.15, 0.2) is 35.4 Å². The van der Waals surface area contributed by atoms with Crippen molar-refractivity contribution < 1.29 is 14.2 Å². The molecule has 0 aliphatic heterocycles. The fraction of sp³-hybridized carbons (Fsp3) is 0.235. The predicted molar refractivity (Wildman–Crippen MR) is 98.4 cm³/mol. The molecular formula is C17H18Cl2N2O3. The molecule has 0 fully saturated rings. The number of hydrogen-bond acceptors (Lipinski definition) is 5. The lowest BCUT2D eigenvalue weighted by atomic mass is 10.2. The van der Waals surface area contributed by atoms with E-state index in [4.69, 9.17) is 37.4 Å². The Balaban J connectivity index is 2.20. The lowest BCUT2D eigenvalue weighted by Gasteiger charge is -2.14. The molecule has 24 heavy (non-hydrogen) atoms. The smallest absolute Gasteiger partial charge is 0.203 e. The van der Waals surface area contributed by atoms with Gasteiger partial charge in [-0.2, -0.15) is 5.10 Å². The molecular weight excluding hydrogens is 351 g/mol. The number of nitrogens with one attached hydrogen (secondary N) is 1. The first kappa shape index (κ1) is 18.2. The molecule has 128 valence electrons. The minimum atomic E-state index is 0.460. The van der Waals surface area contributed by atoms with Crippen LogP contribution in [0.4, 0.5) is 5.69 Å². The van der Waals surface area contributed by atoms with E-state index >= 15 is 0 Å². The summed E-state index contributed by atoms with van der Waals surface area (Å²) in [5, 5.41) is 5.13. The molecule has 0 bridgehead atoms. The Bertz CT molecular complexity index is 711. The molecule has 2 aromatic rings. The van der Waals surface area contributed by atoms with Gasteiger partial charge in [0, 0.05) is 5.56 Å². The highest BCUT2D eigenvalue weighted by atomic mass is 35.5. The predicted octanol–water partition coefficient (Wildman–Crippen LogP) is 4.86. The Hall–Kier alpha value is -2.11. The number of ether oxygens (including phenoxy) is 3. The van der Waals surface area contributed by atoms with Crippen LogP contribution in [0.1, 0.15) is 12.5 Å². The second-order valence-corrected chi connectivity index (χ2v) is 5.50. The van der Waals surface area contributed by atoms with E-state index in [-0.39, 0.29) is 0 Å². The van der Waals surface area contributed by atoms with Crippen LogP contribution < -0.4 is 19.6 Å². The first-order valence-electron chi connectivity index (χ1n) is 7.22. The third kappa shape index (κ3) is 4.46. The normalized spacial score (nSPS) is 10.7. The van der Waals surface area contributed by atoms with Gasteiger partial charge in [-0.3, -0.25) is 5.43 Å². The zero-order valence-electron chi connectivity index (χ0n) is 13.6. The Morgan fingerprint density at radius 2 is 1.71 bits per heavy atom. The van der Waals surface area contributed by atoms with Gasteiger partial charge >= 0.3 is 0 Å². The summed E-state index contributed by atoms with van der Waals surface area (Å²) in [7, 11) is 3.15. The van der Waals surface area contributed by atoms with Crippen LogP contribution in [0.5, 0.6) is 17.2 Å². The molecule has 0 aliphatic carbocycles. The van der Waals surface area contributed by atoms with Crippen LogP contribution in [-0.4, -0.2) is 27.0 Å². The second kappa shape index (κ2) is 8.66. The van der Waals surface area contributed by atoms with Gasteiger partial charge in [0.05, 0.1) is 42.8 Å². The minimum absolute atomic E-state index is 0.460. The first-order chi connectivity index (χ1) is 11.6. The third-order valence-electron chi connectivity index (χ3n) is 3.10. The molecule has 0 radical (unpaired) electrons. The number of rotatable bonds is 7. The highest BCUT2D eigenvalue weighted by Crippen LogP contribution is 2.38. The van der Waals surface area contributed by atoms with Gasteiger partial charge in [-0.25, -0.2) is 0 Å². The molecule has 0 amide bonds. The van der Waals surface area contributed by atoms with Crippen molar-refractivity contribution in [2.24, 2.45) is 5.10 Å². The van der Waals surface area contributed by atoms with Crippen molar-refractivity contribution >= 4 is 35.1 Å². The maximum Gasteiger partial charge on any atom is 0.203 e. The Morgan fingerprint density at radius 1 is 1.04 bits per heavy atom. The largest absolute Gasteiger partial charge is 0.493 e. The molecule has 0 aliphatic rings. The van der Waals surface area contributed by atoms with E-state index in [1.54, 1.807) is 38.6 Å². The van der Waals surface area contributed by atoms with Gasteiger partial charge in [0.25, 0.3) is 0 Å². The van der Waals surface area contributed by atoms with Gasteiger partial charge in [0.1, 0.15) is 0 Å². The van der Waals surface area contributed by atoms with E-state index in [0.717, 1.165) is 11.3 Å². The van der Waals surface area contributed by atoms with Gasteiger partial charge in [0.2, 0.25) is 5.75 Å². The van der Waals surface area contributed by atoms with Crippen molar-refractivity contribution in [1.82, 2.24) is 0 Å². The molecule has 5 nitrogen and oxygen atoms in total. The monoisotopic (exact) mass is 368 g/mol. The van der Waals surface area contributed by atoms with E-state index in [9.17, 15) is 0 Å². The van der Waals surface area contributed by atoms with Crippen molar-refractivity contribution in [3.63, 3.8) is 0 Å². The molecule has 2 rings (SSSR count). The fourth-order valence-electron chi connectivity index (χ4n) is 2.01. The van der Waals surface area contributed by atoms with Gasteiger partial charge in [-0.15, -0.1) is 0 Å². The maximum absolute atomic E-state index is 5.97. The minimum Gasteiger partial charge on any atom is -0.493 e. The second-order valence-electron chi connectivity index (χ2n) is 4.69. The summed E-state index contributed by atoms with van der Waals surface area (Å²) < 4.78 is 16.3. The van der Waals surface area contributed by atoms with Crippen LogP contribution in [0.2, 0.25) is 10.0 Å². The Kier molecular flexibility index (Phi) is 6.58. The number of methoxy groups -OCH3 is 2. The number of benzene rings is 2. The summed E-state index contributed by atoms with van der Waals surface area (Å²) >= 11 is 11.8. The highest BCUT2D eigenvalue weighted by Gasteiger charge is 2.13. The highest BCUT2D eigenvalue weighted by molar-refractivity contribution is 6.42. The van der Waals surface area contributed by atoms with Crippen LogP contribution in [0.3, 0.4) is 0 Å². The fourth-order valence-corrected chi connectivity index (χ4v) is 2.31. The molecule has 0 saturated heterocycles. The standard InChI is InChI=1S/C17H18Cl2N2O3/c1-4-24-17-15(22-2)7-11(8-16(17)23-3)10-20-21-12-5-6-13(18)14(19)9-12/h5-10,21H,4H2,1-3H3. The van der Waals surface area contributed by atoms with Crippen molar-refractivity contribution in [3.8, 4) is 17.2 Å². The van der Waals surface area contributed by atoms with Crippen LogP contribution in [0, 0.1) is 0 Å². The molecule has 0 saturated carbocycles. The first-order valence-corrected chi connectivity index (χ1v) is 7.97. The van der Waals surface area contributed by atoms with Gasteiger partial charge in [-0.1, -0.05) is 23.2 Å². The Labute approximate surface area is 151 Å². The van der Waals surface area contributed by atoms with E-state index in [2.05, 4.69) is 10.5 Å². The summed E-state index contributed by atoms with van der Waals surface area (Å²) in [6, 6.07) is 8.80. The number of hydrogen-bond donors (Lipinski definition) is 1. The van der Waals surface area contributed by atoms with Crippen LogP contribution >= 0.6 is 23.2 Å². The van der Waals surface area contributed by atoms with Crippen LogP contribution in [-0.2, 0) is 0 Å². The molecule has 0 spiro atoms. The lowest BCUT2D eigenvalue weighted by molar-refractivity contribution is 0.288. The third-order valence-corrected chi connectivity index (χ3v) is 3.84. The van der Waals surface area contributed by atoms with Gasteiger partial charge in [-0.05, 0) is 37.3 Å². The topological polar surface area (TPSA) is 52.1 Å².